The van der Waals surface area contributed by atoms with Crippen molar-refractivity contribution in [2.45, 2.75) is 31.1 Å². The number of thioether (sulfide) groups is 1. The Morgan fingerprint density at radius 3 is 2.95 bits per heavy atom. The van der Waals surface area contributed by atoms with Gasteiger partial charge in [-0.25, -0.2) is 0 Å². The Morgan fingerprint density at radius 1 is 1.53 bits per heavy atom. The number of ether oxygens (including phenoxy) is 1. The zero-order chi connectivity index (χ0) is 13.4. The maximum absolute atomic E-state index is 12.4. The average Bonchev–Trinajstić information content (AvgIpc) is 3.01. The number of amides is 1. The second kappa shape index (κ2) is 5.08. The molecule has 19 heavy (non-hydrogen) atoms. The molecule has 2 unspecified atom stereocenters. The second-order valence-corrected chi connectivity index (χ2v) is 6.71. The molecule has 1 amide bonds. The van der Waals surface area contributed by atoms with Crippen molar-refractivity contribution in [3.8, 4) is 5.75 Å². The zero-order valence-corrected chi connectivity index (χ0v) is 12.2. The molecular weight excluding hydrogens is 258 g/mol. The summed E-state index contributed by atoms with van der Waals surface area (Å²) in [4.78, 5) is 14.4. The third-order valence-electron chi connectivity index (χ3n) is 4.04. The summed E-state index contributed by atoms with van der Waals surface area (Å²) in [5.74, 6) is 2.28. The minimum atomic E-state index is 0.275. The number of fused-ring (bicyclic) bond motifs is 2. The highest BCUT2D eigenvalue weighted by molar-refractivity contribution is 8.00. The van der Waals surface area contributed by atoms with Crippen LogP contribution in [0.15, 0.2) is 18.2 Å². The van der Waals surface area contributed by atoms with Gasteiger partial charge in [-0.3, -0.25) is 4.79 Å². The van der Waals surface area contributed by atoms with Gasteiger partial charge in [0.1, 0.15) is 5.75 Å². The van der Waals surface area contributed by atoms with E-state index in [1.807, 2.05) is 30.8 Å². The summed E-state index contributed by atoms with van der Waals surface area (Å²) in [6, 6.07) is 6.48. The molecule has 2 fully saturated rings. The Labute approximate surface area is 118 Å². The average molecular weight is 277 g/mol. The summed E-state index contributed by atoms with van der Waals surface area (Å²) >= 11 is 2.02. The number of carbonyl (C=O) groups excluding carboxylic acids is 1. The van der Waals surface area contributed by atoms with E-state index in [2.05, 4.69) is 11.0 Å². The van der Waals surface area contributed by atoms with Crippen LogP contribution in [-0.2, 0) is 11.2 Å². The first-order valence-electron chi connectivity index (χ1n) is 6.72. The lowest BCUT2D eigenvalue weighted by atomic mass is 10.1. The normalized spacial score (nSPS) is 24.8. The minimum absolute atomic E-state index is 0.275. The van der Waals surface area contributed by atoms with E-state index < -0.39 is 0 Å². The molecule has 2 saturated heterocycles. The standard InChI is InChI=1S/C15H19NO2S/c1-10-5-11(3-4-14(10)18-2)6-15(17)16-8-13-7-12(16)9-19-13/h3-5,12-13H,6-9H2,1-2H3. The van der Waals surface area contributed by atoms with Gasteiger partial charge in [-0.05, 0) is 30.5 Å². The fourth-order valence-corrected chi connectivity index (χ4v) is 4.47. The smallest absolute Gasteiger partial charge is 0.227 e. The summed E-state index contributed by atoms with van der Waals surface area (Å²) in [6.07, 6.45) is 1.71. The van der Waals surface area contributed by atoms with Gasteiger partial charge in [0.15, 0.2) is 0 Å². The van der Waals surface area contributed by atoms with Crippen LogP contribution in [0.2, 0.25) is 0 Å². The molecule has 3 rings (SSSR count). The van der Waals surface area contributed by atoms with Crippen LogP contribution in [0, 0.1) is 6.92 Å². The van der Waals surface area contributed by atoms with E-state index in [1.165, 1.54) is 6.42 Å². The van der Waals surface area contributed by atoms with Crippen molar-refractivity contribution in [3.63, 3.8) is 0 Å². The van der Waals surface area contributed by atoms with Gasteiger partial charge in [-0.2, -0.15) is 11.8 Å². The van der Waals surface area contributed by atoms with Gasteiger partial charge in [0.05, 0.1) is 13.5 Å². The predicted molar refractivity (Wildman–Crippen MR) is 77.8 cm³/mol. The van der Waals surface area contributed by atoms with Crippen LogP contribution in [0.5, 0.6) is 5.75 Å². The molecule has 2 heterocycles. The van der Waals surface area contributed by atoms with Gasteiger partial charge in [-0.1, -0.05) is 12.1 Å². The van der Waals surface area contributed by atoms with Crippen LogP contribution in [0.1, 0.15) is 17.5 Å². The minimum Gasteiger partial charge on any atom is -0.496 e. The van der Waals surface area contributed by atoms with Crippen LogP contribution >= 0.6 is 11.8 Å². The number of likely N-dealkylation sites (tertiary alicyclic amines) is 1. The SMILES string of the molecule is COc1ccc(CC(=O)N2CC3CC2CS3)cc1C. The van der Waals surface area contributed by atoms with Gasteiger partial charge in [0.2, 0.25) is 5.91 Å². The summed E-state index contributed by atoms with van der Waals surface area (Å²) in [6.45, 7) is 2.96. The van der Waals surface area contributed by atoms with Gasteiger partial charge < -0.3 is 9.64 Å². The molecule has 0 spiro atoms. The highest BCUT2D eigenvalue weighted by atomic mass is 32.2. The van der Waals surface area contributed by atoms with Crippen molar-refractivity contribution >= 4 is 17.7 Å². The van der Waals surface area contributed by atoms with E-state index in [0.29, 0.717) is 17.7 Å². The van der Waals surface area contributed by atoms with E-state index in [1.54, 1.807) is 7.11 Å². The fraction of sp³-hybridized carbons (Fsp3) is 0.533. The molecule has 0 aromatic heterocycles. The van der Waals surface area contributed by atoms with Crippen LogP contribution in [0.4, 0.5) is 0 Å². The molecule has 2 aliphatic heterocycles. The van der Waals surface area contributed by atoms with Crippen molar-refractivity contribution < 1.29 is 9.53 Å². The number of hydrogen-bond acceptors (Lipinski definition) is 3. The Bertz CT molecular complexity index is 503. The molecule has 0 N–H and O–H groups in total. The van der Waals surface area contributed by atoms with Gasteiger partial charge in [-0.15, -0.1) is 0 Å². The van der Waals surface area contributed by atoms with Crippen LogP contribution in [0.25, 0.3) is 0 Å². The van der Waals surface area contributed by atoms with Crippen molar-refractivity contribution in [3.05, 3.63) is 29.3 Å². The fourth-order valence-electron chi connectivity index (χ4n) is 3.03. The quantitative estimate of drug-likeness (QED) is 0.849. The van der Waals surface area contributed by atoms with E-state index in [9.17, 15) is 4.79 Å². The summed E-state index contributed by atoms with van der Waals surface area (Å²) < 4.78 is 5.25. The Balaban J connectivity index is 1.68. The lowest BCUT2D eigenvalue weighted by molar-refractivity contribution is -0.130. The lowest BCUT2D eigenvalue weighted by Crippen LogP contribution is -2.40. The number of carbonyl (C=O) groups is 1. The van der Waals surface area contributed by atoms with E-state index in [4.69, 9.17) is 4.74 Å². The molecule has 102 valence electrons. The van der Waals surface area contributed by atoms with Gasteiger partial charge in [0, 0.05) is 23.6 Å². The first-order valence-corrected chi connectivity index (χ1v) is 7.77. The largest absolute Gasteiger partial charge is 0.496 e. The second-order valence-electron chi connectivity index (χ2n) is 5.37. The molecule has 1 aromatic carbocycles. The monoisotopic (exact) mass is 277 g/mol. The number of methoxy groups -OCH3 is 1. The van der Waals surface area contributed by atoms with Crippen LogP contribution in [0.3, 0.4) is 0 Å². The maximum Gasteiger partial charge on any atom is 0.227 e. The number of nitrogens with zero attached hydrogens (tertiary/aromatic N) is 1. The molecule has 0 radical (unpaired) electrons. The van der Waals surface area contributed by atoms with Gasteiger partial charge in [0.25, 0.3) is 0 Å². The lowest BCUT2D eigenvalue weighted by Gasteiger charge is -2.26. The predicted octanol–water partition coefficient (Wildman–Crippen LogP) is 2.26. The van der Waals surface area contributed by atoms with Crippen molar-refractivity contribution in [2.75, 3.05) is 19.4 Å². The van der Waals surface area contributed by atoms with Gasteiger partial charge >= 0.3 is 0 Å². The third kappa shape index (κ3) is 2.46. The summed E-state index contributed by atoms with van der Waals surface area (Å²) in [5.41, 5.74) is 2.17. The summed E-state index contributed by atoms with van der Waals surface area (Å²) in [7, 11) is 1.67. The van der Waals surface area contributed by atoms with Crippen LogP contribution in [-0.4, -0.2) is 41.5 Å². The van der Waals surface area contributed by atoms with Crippen molar-refractivity contribution in [1.29, 1.82) is 0 Å². The first kappa shape index (κ1) is 12.9. The Morgan fingerprint density at radius 2 is 2.37 bits per heavy atom. The topological polar surface area (TPSA) is 29.5 Å². The zero-order valence-electron chi connectivity index (χ0n) is 11.4. The number of aryl methyl sites for hydroxylation is 1. The summed E-state index contributed by atoms with van der Waals surface area (Å²) in [5, 5.41) is 0.687. The molecule has 1 aromatic rings. The van der Waals surface area contributed by atoms with Crippen molar-refractivity contribution in [1.82, 2.24) is 4.90 Å². The molecule has 3 nitrogen and oxygen atoms in total. The van der Waals surface area contributed by atoms with E-state index >= 15 is 0 Å². The first-order chi connectivity index (χ1) is 9.17. The number of benzene rings is 1. The highest BCUT2D eigenvalue weighted by Gasteiger charge is 2.40. The molecule has 2 bridgehead atoms. The molecule has 0 saturated carbocycles. The maximum atomic E-state index is 12.4. The van der Waals surface area contributed by atoms with E-state index in [-0.39, 0.29) is 5.91 Å². The Hall–Kier alpha value is -1.16. The molecule has 4 heteroatoms. The van der Waals surface area contributed by atoms with E-state index in [0.717, 1.165) is 29.2 Å². The van der Waals surface area contributed by atoms with Crippen LogP contribution < -0.4 is 4.74 Å². The highest BCUT2D eigenvalue weighted by Crippen LogP contribution is 2.37. The molecule has 2 aliphatic rings. The Kier molecular flexibility index (Phi) is 3.44. The molecular formula is C15H19NO2S. The number of hydrogen-bond donors (Lipinski definition) is 0. The number of rotatable bonds is 3. The van der Waals surface area contributed by atoms with Crippen molar-refractivity contribution in [2.24, 2.45) is 0 Å². The molecule has 2 atom stereocenters. The molecule has 0 aliphatic carbocycles. The third-order valence-corrected chi connectivity index (χ3v) is 5.43.